The molecule has 0 radical (unpaired) electrons. The van der Waals surface area contributed by atoms with E-state index in [1.807, 2.05) is 0 Å². The van der Waals surface area contributed by atoms with Crippen LogP contribution in [0.5, 0.6) is 0 Å². The summed E-state index contributed by atoms with van der Waals surface area (Å²) in [7, 11) is 0. The Morgan fingerprint density at radius 3 is 3.06 bits per heavy atom. The van der Waals surface area contributed by atoms with Gasteiger partial charge in [-0.1, -0.05) is 12.2 Å². The lowest BCUT2D eigenvalue weighted by atomic mass is 10.2. The van der Waals surface area contributed by atoms with E-state index in [2.05, 4.69) is 39.3 Å². The van der Waals surface area contributed by atoms with Gasteiger partial charge >= 0.3 is 0 Å². The monoisotopic (exact) mass is 231 g/mol. The maximum absolute atomic E-state index is 4.44. The minimum Gasteiger partial charge on any atom is -0.351 e. The van der Waals surface area contributed by atoms with Gasteiger partial charge in [-0.2, -0.15) is 0 Å². The molecule has 3 rings (SSSR count). The third-order valence-corrected chi connectivity index (χ3v) is 3.95. The van der Waals surface area contributed by atoms with Crippen LogP contribution in [-0.4, -0.2) is 23.1 Å². The molecule has 0 saturated carbocycles. The number of hydrogen-bond acceptors (Lipinski definition) is 4. The smallest absolute Gasteiger partial charge is 0.150 e. The van der Waals surface area contributed by atoms with Crippen LogP contribution in [0, 0.1) is 6.92 Å². The summed E-state index contributed by atoms with van der Waals surface area (Å²) in [5, 5.41) is 2.16. The molecule has 0 aliphatic carbocycles. The molecule has 3 heterocycles. The largest absolute Gasteiger partial charge is 0.351 e. The van der Waals surface area contributed by atoms with E-state index in [1.54, 1.807) is 17.7 Å². The molecule has 1 aliphatic rings. The summed E-state index contributed by atoms with van der Waals surface area (Å²) in [6, 6.07) is 0. The molecule has 82 valence electrons. The number of rotatable bonds is 1. The Labute approximate surface area is 98.4 Å². The fourth-order valence-electron chi connectivity index (χ4n) is 2.02. The summed E-state index contributed by atoms with van der Waals surface area (Å²) in [5.41, 5.74) is 2.35. The van der Waals surface area contributed by atoms with Gasteiger partial charge in [-0.3, -0.25) is 0 Å². The van der Waals surface area contributed by atoms with Crippen LogP contribution < -0.4 is 4.90 Å². The highest BCUT2D eigenvalue weighted by molar-refractivity contribution is 7.18. The van der Waals surface area contributed by atoms with Gasteiger partial charge in [0.1, 0.15) is 12.1 Å². The molecule has 0 saturated heterocycles. The zero-order valence-corrected chi connectivity index (χ0v) is 10.00. The fraction of sp³-hybridized carbons (Fsp3) is 0.333. The highest BCUT2D eigenvalue weighted by Gasteiger charge is 2.14. The minimum atomic E-state index is 0.961. The lowest BCUT2D eigenvalue weighted by Gasteiger charge is -2.24. The van der Waals surface area contributed by atoms with E-state index in [9.17, 15) is 0 Å². The molecule has 0 unspecified atom stereocenters. The van der Waals surface area contributed by atoms with Gasteiger partial charge in [-0.25, -0.2) is 9.97 Å². The zero-order chi connectivity index (χ0) is 11.0. The van der Waals surface area contributed by atoms with Crippen molar-refractivity contribution >= 4 is 27.4 Å². The SMILES string of the molecule is Cc1csc2c(N3CC=CCC3)ncnc12. The Morgan fingerprint density at radius 2 is 2.25 bits per heavy atom. The standard InChI is InChI=1S/C12H13N3S/c1-9-7-16-11-10(9)13-8-14-12(11)15-5-3-2-4-6-15/h2-3,7-8H,4-6H2,1H3. The number of aromatic nitrogens is 2. The maximum Gasteiger partial charge on any atom is 0.150 e. The van der Waals surface area contributed by atoms with E-state index in [4.69, 9.17) is 0 Å². The average molecular weight is 231 g/mol. The Hall–Kier alpha value is -1.42. The van der Waals surface area contributed by atoms with E-state index < -0.39 is 0 Å². The highest BCUT2D eigenvalue weighted by atomic mass is 32.1. The second kappa shape index (κ2) is 3.87. The first-order valence-electron chi connectivity index (χ1n) is 5.45. The van der Waals surface area contributed by atoms with Gasteiger partial charge in [0, 0.05) is 13.1 Å². The average Bonchev–Trinajstić information content (AvgIpc) is 2.73. The molecule has 0 N–H and O–H groups in total. The van der Waals surface area contributed by atoms with Gasteiger partial charge in [0.05, 0.1) is 10.2 Å². The molecule has 0 spiro atoms. The quantitative estimate of drug-likeness (QED) is 0.707. The second-order valence-electron chi connectivity index (χ2n) is 4.00. The third kappa shape index (κ3) is 1.50. The van der Waals surface area contributed by atoms with Crippen LogP contribution in [0.4, 0.5) is 5.82 Å². The van der Waals surface area contributed by atoms with Crippen molar-refractivity contribution in [1.29, 1.82) is 0 Å². The molecule has 1 aliphatic heterocycles. The van der Waals surface area contributed by atoms with Gasteiger partial charge in [-0.15, -0.1) is 11.3 Å². The summed E-state index contributed by atoms with van der Waals surface area (Å²) in [6.07, 6.45) is 7.22. The number of nitrogens with zero attached hydrogens (tertiary/aromatic N) is 3. The van der Waals surface area contributed by atoms with Crippen molar-refractivity contribution in [2.75, 3.05) is 18.0 Å². The number of thiophene rings is 1. The predicted octanol–water partition coefficient (Wildman–Crippen LogP) is 2.77. The number of anilines is 1. The lowest BCUT2D eigenvalue weighted by molar-refractivity contribution is 0.809. The highest BCUT2D eigenvalue weighted by Crippen LogP contribution is 2.31. The van der Waals surface area contributed by atoms with Crippen LogP contribution in [0.15, 0.2) is 23.9 Å². The minimum absolute atomic E-state index is 0.961. The topological polar surface area (TPSA) is 29.0 Å². The van der Waals surface area contributed by atoms with Gasteiger partial charge < -0.3 is 4.90 Å². The van der Waals surface area contributed by atoms with E-state index in [0.717, 1.165) is 30.8 Å². The van der Waals surface area contributed by atoms with Gasteiger partial charge in [0.15, 0.2) is 0 Å². The van der Waals surface area contributed by atoms with Crippen LogP contribution >= 0.6 is 11.3 Å². The first-order valence-corrected chi connectivity index (χ1v) is 6.33. The number of fused-ring (bicyclic) bond motifs is 1. The summed E-state index contributed by atoms with van der Waals surface area (Å²) in [6.45, 7) is 4.12. The van der Waals surface area contributed by atoms with Crippen LogP contribution in [0.3, 0.4) is 0 Å². The number of aryl methyl sites for hydroxylation is 1. The summed E-state index contributed by atoms with van der Waals surface area (Å²) in [5.74, 6) is 1.09. The van der Waals surface area contributed by atoms with Crippen molar-refractivity contribution in [2.45, 2.75) is 13.3 Å². The van der Waals surface area contributed by atoms with Crippen LogP contribution in [0.25, 0.3) is 10.2 Å². The van der Waals surface area contributed by atoms with Crippen molar-refractivity contribution in [3.63, 3.8) is 0 Å². The van der Waals surface area contributed by atoms with Crippen LogP contribution in [0.1, 0.15) is 12.0 Å². The van der Waals surface area contributed by atoms with Crippen molar-refractivity contribution in [2.24, 2.45) is 0 Å². The summed E-state index contributed by atoms with van der Waals surface area (Å²) >= 11 is 1.74. The third-order valence-electron chi connectivity index (χ3n) is 2.87. The first-order chi connectivity index (χ1) is 7.86. The Kier molecular flexibility index (Phi) is 2.36. The van der Waals surface area contributed by atoms with Gasteiger partial charge in [0.25, 0.3) is 0 Å². The molecular weight excluding hydrogens is 218 g/mol. The second-order valence-corrected chi connectivity index (χ2v) is 4.88. The first kappa shape index (κ1) is 9.78. The fourth-order valence-corrected chi connectivity index (χ4v) is 3.03. The van der Waals surface area contributed by atoms with Crippen LogP contribution in [-0.2, 0) is 0 Å². The van der Waals surface area contributed by atoms with E-state index in [0.29, 0.717) is 0 Å². The zero-order valence-electron chi connectivity index (χ0n) is 9.18. The molecule has 0 fully saturated rings. The molecule has 0 amide bonds. The predicted molar refractivity (Wildman–Crippen MR) is 68.1 cm³/mol. The van der Waals surface area contributed by atoms with Crippen LogP contribution in [0.2, 0.25) is 0 Å². The summed E-state index contributed by atoms with van der Waals surface area (Å²) < 4.78 is 1.22. The Balaban J connectivity index is 2.12. The van der Waals surface area contributed by atoms with Gasteiger partial charge in [0.2, 0.25) is 0 Å². The molecule has 3 nitrogen and oxygen atoms in total. The molecule has 0 aromatic carbocycles. The molecule has 0 bridgehead atoms. The van der Waals surface area contributed by atoms with Gasteiger partial charge in [-0.05, 0) is 24.3 Å². The Morgan fingerprint density at radius 1 is 1.31 bits per heavy atom. The van der Waals surface area contributed by atoms with Crippen molar-refractivity contribution < 1.29 is 0 Å². The summed E-state index contributed by atoms with van der Waals surface area (Å²) in [4.78, 5) is 11.1. The molecular formula is C12H13N3S. The van der Waals surface area contributed by atoms with Crippen molar-refractivity contribution in [3.05, 3.63) is 29.4 Å². The molecule has 2 aromatic rings. The Bertz CT molecular complexity index is 544. The van der Waals surface area contributed by atoms with Crippen molar-refractivity contribution in [1.82, 2.24) is 9.97 Å². The maximum atomic E-state index is 4.44. The lowest BCUT2D eigenvalue weighted by Crippen LogP contribution is -2.27. The van der Waals surface area contributed by atoms with E-state index in [-0.39, 0.29) is 0 Å². The normalized spacial score (nSPS) is 15.9. The van der Waals surface area contributed by atoms with Crippen molar-refractivity contribution in [3.8, 4) is 0 Å². The number of hydrogen-bond donors (Lipinski definition) is 0. The molecule has 16 heavy (non-hydrogen) atoms. The van der Waals surface area contributed by atoms with E-state index in [1.165, 1.54) is 10.3 Å². The molecule has 2 aromatic heterocycles. The molecule has 4 heteroatoms. The molecule has 0 atom stereocenters. The van der Waals surface area contributed by atoms with E-state index >= 15 is 0 Å².